The van der Waals surface area contributed by atoms with Gasteiger partial charge in [-0.25, -0.2) is 0 Å². The van der Waals surface area contributed by atoms with Crippen LogP contribution in [-0.4, -0.2) is 23.3 Å². The summed E-state index contributed by atoms with van der Waals surface area (Å²) in [6.45, 7) is 3.61. The molecule has 0 bridgehead atoms. The summed E-state index contributed by atoms with van der Waals surface area (Å²) in [6.07, 6.45) is 2.68. The molecule has 0 spiro atoms. The maximum atomic E-state index is 12.0. The predicted octanol–water partition coefficient (Wildman–Crippen LogP) is 2.98. The summed E-state index contributed by atoms with van der Waals surface area (Å²) in [7, 11) is 0. The number of para-hydroxylation sites is 1. The van der Waals surface area contributed by atoms with Crippen LogP contribution in [-0.2, 0) is 9.59 Å². The summed E-state index contributed by atoms with van der Waals surface area (Å²) in [6, 6.07) is 11.6. The molecule has 0 fully saturated rings. The molecule has 0 aliphatic carbocycles. The zero-order valence-electron chi connectivity index (χ0n) is 14.5. The first kappa shape index (κ1) is 18.9. The van der Waals surface area contributed by atoms with Crippen LogP contribution in [0.4, 0.5) is 11.4 Å². The van der Waals surface area contributed by atoms with E-state index in [-0.39, 0.29) is 18.1 Å². The van der Waals surface area contributed by atoms with Crippen molar-refractivity contribution in [1.82, 2.24) is 5.32 Å². The summed E-state index contributed by atoms with van der Waals surface area (Å²) in [5.41, 5.74) is 3.08. The number of carbonyl (C=O) groups excluding carboxylic acids is 2. The molecule has 0 saturated heterocycles. The molecule has 26 heavy (non-hydrogen) atoms. The van der Waals surface area contributed by atoms with Crippen molar-refractivity contribution in [3.05, 3.63) is 75.3 Å². The highest BCUT2D eigenvalue weighted by molar-refractivity contribution is 5.98. The molecule has 0 aliphatic rings. The Morgan fingerprint density at radius 1 is 1.12 bits per heavy atom. The third-order valence-corrected chi connectivity index (χ3v) is 3.68. The van der Waals surface area contributed by atoms with Gasteiger partial charge in [-0.3, -0.25) is 19.7 Å². The average molecular weight is 353 g/mol. The van der Waals surface area contributed by atoms with Gasteiger partial charge in [0.05, 0.1) is 11.5 Å². The fraction of sp³-hybridized carbons (Fsp3) is 0.158. The van der Waals surface area contributed by atoms with Gasteiger partial charge in [-0.2, -0.15) is 0 Å². The third kappa shape index (κ3) is 5.27. The molecule has 0 aromatic heterocycles. The maximum Gasteiger partial charge on any atom is 0.270 e. The number of carbonyl (C=O) groups is 2. The second-order valence-corrected chi connectivity index (χ2v) is 5.72. The minimum absolute atomic E-state index is 0.0551. The van der Waals surface area contributed by atoms with E-state index in [0.29, 0.717) is 5.56 Å². The first-order valence-corrected chi connectivity index (χ1v) is 7.93. The van der Waals surface area contributed by atoms with Gasteiger partial charge in [-0.05, 0) is 36.6 Å². The van der Waals surface area contributed by atoms with E-state index >= 15 is 0 Å². The largest absolute Gasteiger partial charge is 0.343 e. The fourth-order valence-corrected chi connectivity index (χ4v) is 2.34. The molecule has 0 aliphatic heterocycles. The van der Waals surface area contributed by atoms with Crippen molar-refractivity contribution in [3.8, 4) is 0 Å². The minimum atomic E-state index is -0.505. The Kier molecular flexibility index (Phi) is 6.21. The Bertz CT molecular complexity index is 855. The normalized spacial score (nSPS) is 10.5. The number of anilines is 1. The highest BCUT2D eigenvalue weighted by Gasteiger charge is 2.08. The quantitative estimate of drug-likeness (QED) is 0.473. The van der Waals surface area contributed by atoms with Gasteiger partial charge >= 0.3 is 0 Å². The number of non-ortho nitro benzene ring substituents is 1. The number of nitro groups is 1. The van der Waals surface area contributed by atoms with Crippen LogP contribution in [0.15, 0.2) is 48.5 Å². The number of hydrogen-bond donors (Lipinski definition) is 2. The van der Waals surface area contributed by atoms with Crippen molar-refractivity contribution in [2.75, 3.05) is 11.9 Å². The highest BCUT2D eigenvalue weighted by Crippen LogP contribution is 2.19. The van der Waals surface area contributed by atoms with Crippen LogP contribution in [0.5, 0.6) is 0 Å². The number of benzene rings is 2. The van der Waals surface area contributed by atoms with E-state index in [1.807, 2.05) is 32.0 Å². The minimum Gasteiger partial charge on any atom is -0.343 e. The van der Waals surface area contributed by atoms with Crippen LogP contribution >= 0.6 is 0 Å². The number of aryl methyl sites for hydroxylation is 2. The smallest absolute Gasteiger partial charge is 0.270 e. The molecule has 2 aromatic carbocycles. The van der Waals surface area contributed by atoms with Crippen molar-refractivity contribution < 1.29 is 14.5 Å². The van der Waals surface area contributed by atoms with E-state index in [1.54, 1.807) is 6.07 Å². The van der Waals surface area contributed by atoms with Crippen molar-refractivity contribution in [3.63, 3.8) is 0 Å². The Morgan fingerprint density at radius 3 is 2.42 bits per heavy atom. The molecule has 2 rings (SSSR count). The number of amides is 2. The number of nitrogens with zero attached hydrogens (tertiary/aromatic N) is 1. The molecular weight excluding hydrogens is 334 g/mol. The van der Waals surface area contributed by atoms with E-state index in [9.17, 15) is 19.7 Å². The molecule has 7 heteroatoms. The fourth-order valence-electron chi connectivity index (χ4n) is 2.34. The summed E-state index contributed by atoms with van der Waals surface area (Å²) >= 11 is 0. The molecule has 0 heterocycles. The second kappa shape index (κ2) is 8.57. The zero-order valence-corrected chi connectivity index (χ0v) is 14.5. The van der Waals surface area contributed by atoms with Crippen LogP contribution in [0, 0.1) is 24.0 Å². The van der Waals surface area contributed by atoms with Crippen LogP contribution < -0.4 is 10.6 Å². The lowest BCUT2D eigenvalue weighted by Crippen LogP contribution is -2.32. The van der Waals surface area contributed by atoms with Gasteiger partial charge in [0.15, 0.2) is 0 Å². The van der Waals surface area contributed by atoms with Crippen LogP contribution in [0.25, 0.3) is 6.08 Å². The zero-order chi connectivity index (χ0) is 19.1. The lowest BCUT2D eigenvalue weighted by Gasteiger charge is -2.11. The second-order valence-electron chi connectivity index (χ2n) is 5.72. The Morgan fingerprint density at radius 2 is 1.77 bits per heavy atom. The predicted molar refractivity (Wildman–Crippen MR) is 99.7 cm³/mol. The lowest BCUT2D eigenvalue weighted by atomic mass is 10.1. The van der Waals surface area contributed by atoms with Gasteiger partial charge in [0.1, 0.15) is 0 Å². The van der Waals surface area contributed by atoms with Crippen LogP contribution in [0.3, 0.4) is 0 Å². The van der Waals surface area contributed by atoms with E-state index in [2.05, 4.69) is 10.6 Å². The summed E-state index contributed by atoms with van der Waals surface area (Å²) < 4.78 is 0. The van der Waals surface area contributed by atoms with Gasteiger partial charge in [-0.1, -0.05) is 30.3 Å². The summed E-state index contributed by atoms with van der Waals surface area (Å²) in [5, 5.41) is 16.0. The molecule has 0 radical (unpaired) electrons. The summed E-state index contributed by atoms with van der Waals surface area (Å²) in [5.74, 6) is -0.798. The molecule has 0 atom stereocenters. The van der Waals surface area contributed by atoms with E-state index in [4.69, 9.17) is 0 Å². The molecule has 7 nitrogen and oxygen atoms in total. The number of nitro benzene ring substituents is 1. The van der Waals surface area contributed by atoms with Crippen LogP contribution in [0.2, 0.25) is 0 Å². The van der Waals surface area contributed by atoms with Crippen molar-refractivity contribution in [2.45, 2.75) is 13.8 Å². The Hall–Kier alpha value is -3.48. The summed E-state index contributed by atoms with van der Waals surface area (Å²) in [4.78, 5) is 34.0. The van der Waals surface area contributed by atoms with Gasteiger partial charge in [-0.15, -0.1) is 0 Å². The van der Waals surface area contributed by atoms with Gasteiger partial charge in [0.25, 0.3) is 5.69 Å². The topological polar surface area (TPSA) is 101 Å². The molecule has 2 N–H and O–H groups in total. The SMILES string of the molecule is Cc1cccc(C)c1NC(=O)CNC(=O)/C=C/c1cccc([N+](=O)[O-])c1. The molecule has 2 amide bonds. The molecular formula is C19H19N3O4. The van der Waals surface area contributed by atoms with Crippen molar-refractivity contribution in [2.24, 2.45) is 0 Å². The Labute approximate surface area is 150 Å². The Balaban J connectivity index is 1.89. The highest BCUT2D eigenvalue weighted by atomic mass is 16.6. The molecule has 0 saturated carbocycles. The molecule has 2 aromatic rings. The molecule has 0 unspecified atom stereocenters. The number of nitrogens with one attached hydrogen (secondary N) is 2. The third-order valence-electron chi connectivity index (χ3n) is 3.68. The van der Waals surface area contributed by atoms with Crippen molar-refractivity contribution in [1.29, 1.82) is 0 Å². The van der Waals surface area contributed by atoms with Gasteiger partial charge in [0, 0.05) is 23.9 Å². The average Bonchev–Trinajstić information content (AvgIpc) is 2.61. The van der Waals surface area contributed by atoms with Gasteiger partial charge in [0.2, 0.25) is 11.8 Å². The lowest BCUT2D eigenvalue weighted by molar-refractivity contribution is -0.384. The van der Waals surface area contributed by atoms with Crippen LogP contribution in [0.1, 0.15) is 16.7 Å². The maximum absolute atomic E-state index is 12.0. The van der Waals surface area contributed by atoms with E-state index in [1.165, 1.54) is 30.4 Å². The number of rotatable bonds is 6. The number of hydrogen-bond acceptors (Lipinski definition) is 4. The van der Waals surface area contributed by atoms with E-state index < -0.39 is 10.8 Å². The standard InChI is InChI=1S/C19H19N3O4/c1-13-5-3-6-14(2)19(13)21-18(24)12-20-17(23)10-9-15-7-4-8-16(11-15)22(25)26/h3-11H,12H2,1-2H3,(H,20,23)(H,21,24)/b10-9+. The monoisotopic (exact) mass is 353 g/mol. The first-order valence-electron chi connectivity index (χ1n) is 7.93. The van der Waals surface area contributed by atoms with E-state index in [0.717, 1.165) is 16.8 Å². The van der Waals surface area contributed by atoms with Gasteiger partial charge < -0.3 is 10.6 Å². The first-order chi connectivity index (χ1) is 12.4. The molecule has 134 valence electrons. The van der Waals surface area contributed by atoms with Crippen molar-refractivity contribution >= 4 is 29.3 Å².